The minimum Gasteiger partial charge on any atom is -0.481 e. The molecule has 2 atom stereocenters. The van der Waals surface area contributed by atoms with E-state index in [9.17, 15) is 9.59 Å². The average molecular weight is 281 g/mol. The fourth-order valence-corrected chi connectivity index (χ4v) is 2.39. The Morgan fingerprint density at radius 1 is 1.55 bits per heavy atom. The predicted octanol–water partition coefficient (Wildman–Crippen LogP) is 0.382. The molecule has 0 aliphatic carbocycles. The van der Waals surface area contributed by atoms with Crippen molar-refractivity contribution in [1.29, 1.82) is 0 Å². The summed E-state index contributed by atoms with van der Waals surface area (Å²) in [6.07, 6.45) is 2.90. The number of amides is 2. The molecule has 0 aromatic carbocycles. The molecule has 0 saturated carbocycles. The van der Waals surface area contributed by atoms with Crippen molar-refractivity contribution >= 4 is 12.0 Å². The standard InChI is InChI=1S/C12H19N5O3/c1-8(10-15-13-7-16(10)2)14-12(20)17-5-3-4-9(6-17)11(18)19/h7-9H,3-6H2,1-2H3,(H,14,20)(H,18,19). The molecule has 1 aromatic rings. The molecule has 2 N–H and O–H groups in total. The Balaban J connectivity index is 1.94. The first-order chi connectivity index (χ1) is 9.49. The third-order valence-electron chi connectivity index (χ3n) is 3.53. The Kier molecular flexibility index (Phi) is 4.21. The second-order valence-electron chi connectivity index (χ2n) is 5.09. The summed E-state index contributed by atoms with van der Waals surface area (Å²) >= 11 is 0. The van der Waals surface area contributed by atoms with E-state index in [-0.39, 0.29) is 18.6 Å². The molecule has 2 heterocycles. The molecule has 0 bridgehead atoms. The number of carbonyl (C=O) groups excluding carboxylic acids is 1. The number of urea groups is 1. The highest BCUT2D eigenvalue weighted by molar-refractivity contribution is 5.76. The number of aryl methyl sites for hydroxylation is 1. The van der Waals surface area contributed by atoms with E-state index < -0.39 is 11.9 Å². The van der Waals surface area contributed by atoms with Crippen LogP contribution in [0.15, 0.2) is 6.33 Å². The number of piperidine rings is 1. The summed E-state index contributed by atoms with van der Waals surface area (Å²) in [7, 11) is 1.80. The Morgan fingerprint density at radius 2 is 2.30 bits per heavy atom. The molecule has 1 aliphatic heterocycles. The fraction of sp³-hybridized carbons (Fsp3) is 0.667. The first-order valence-corrected chi connectivity index (χ1v) is 6.61. The van der Waals surface area contributed by atoms with Crippen molar-refractivity contribution < 1.29 is 14.7 Å². The largest absolute Gasteiger partial charge is 0.481 e. The number of carboxylic acid groups (broad SMARTS) is 1. The van der Waals surface area contributed by atoms with E-state index in [1.165, 1.54) is 0 Å². The summed E-state index contributed by atoms with van der Waals surface area (Å²) < 4.78 is 1.74. The lowest BCUT2D eigenvalue weighted by Gasteiger charge is -2.31. The Bertz CT molecular complexity index is 501. The van der Waals surface area contributed by atoms with Gasteiger partial charge >= 0.3 is 12.0 Å². The average Bonchev–Trinajstić information content (AvgIpc) is 2.85. The Hall–Kier alpha value is -2.12. The van der Waals surface area contributed by atoms with Crippen molar-refractivity contribution in [3.63, 3.8) is 0 Å². The van der Waals surface area contributed by atoms with Crippen molar-refractivity contribution in [2.45, 2.75) is 25.8 Å². The molecule has 1 saturated heterocycles. The minimum absolute atomic E-state index is 0.257. The van der Waals surface area contributed by atoms with Gasteiger partial charge in [0, 0.05) is 20.1 Å². The van der Waals surface area contributed by atoms with Gasteiger partial charge in [0.25, 0.3) is 0 Å². The van der Waals surface area contributed by atoms with Crippen molar-refractivity contribution in [3.05, 3.63) is 12.2 Å². The zero-order valence-electron chi connectivity index (χ0n) is 11.6. The van der Waals surface area contributed by atoms with E-state index in [2.05, 4.69) is 15.5 Å². The lowest BCUT2D eigenvalue weighted by molar-refractivity contribution is -0.143. The summed E-state index contributed by atoms with van der Waals surface area (Å²) in [6, 6.07) is -0.536. The molecule has 1 aromatic heterocycles. The number of likely N-dealkylation sites (tertiary alicyclic amines) is 1. The summed E-state index contributed by atoms with van der Waals surface area (Å²) in [6.45, 7) is 2.66. The van der Waals surface area contributed by atoms with Gasteiger partial charge < -0.3 is 19.9 Å². The SMILES string of the molecule is CC(NC(=O)N1CCCC(C(=O)O)C1)c1nncn1C. The topological polar surface area (TPSA) is 100 Å². The van der Waals surface area contributed by atoms with E-state index in [4.69, 9.17) is 5.11 Å². The number of carbonyl (C=O) groups is 2. The van der Waals surface area contributed by atoms with Crippen LogP contribution in [0, 0.1) is 5.92 Å². The van der Waals surface area contributed by atoms with Gasteiger partial charge in [-0.1, -0.05) is 0 Å². The second-order valence-corrected chi connectivity index (χ2v) is 5.09. The number of hydrogen-bond donors (Lipinski definition) is 2. The monoisotopic (exact) mass is 281 g/mol. The quantitative estimate of drug-likeness (QED) is 0.834. The zero-order valence-corrected chi connectivity index (χ0v) is 11.6. The lowest BCUT2D eigenvalue weighted by Crippen LogP contribution is -2.47. The fourth-order valence-electron chi connectivity index (χ4n) is 2.39. The molecule has 0 spiro atoms. The van der Waals surface area contributed by atoms with Gasteiger partial charge in [0.1, 0.15) is 6.33 Å². The van der Waals surface area contributed by atoms with Gasteiger partial charge in [-0.15, -0.1) is 10.2 Å². The maximum Gasteiger partial charge on any atom is 0.318 e. The van der Waals surface area contributed by atoms with Crippen molar-refractivity contribution in [3.8, 4) is 0 Å². The summed E-state index contributed by atoms with van der Waals surface area (Å²) in [4.78, 5) is 24.7. The summed E-state index contributed by atoms with van der Waals surface area (Å²) in [5.41, 5.74) is 0. The van der Waals surface area contributed by atoms with Crippen LogP contribution in [0.3, 0.4) is 0 Å². The molecule has 2 unspecified atom stereocenters. The summed E-state index contributed by atoms with van der Waals surface area (Å²) in [5.74, 6) is -0.659. The van der Waals surface area contributed by atoms with Gasteiger partial charge in [-0.2, -0.15) is 0 Å². The van der Waals surface area contributed by atoms with Crippen LogP contribution in [-0.4, -0.2) is 49.9 Å². The van der Waals surface area contributed by atoms with Crippen molar-refractivity contribution in [1.82, 2.24) is 25.0 Å². The molecule has 8 heteroatoms. The Morgan fingerprint density at radius 3 is 2.90 bits per heavy atom. The second kappa shape index (κ2) is 5.89. The number of nitrogens with zero attached hydrogens (tertiary/aromatic N) is 4. The van der Waals surface area contributed by atoms with Crippen LogP contribution in [-0.2, 0) is 11.8 Å². The molecule has 1 aliphatic rings. The van der Waals surface area contributed by atoms with Gasteiger partial charge in [-0.3, -0.25) is 4.79 Å². The van der Waals surface area contributed by atoms with Gasteiger partial charge in [0.15, 0.2) is 5.82 Å². The highest BCUT2D eigenvalue weighted by Gasteiger charge is 2.29. The van der Waals surface area contributed by atoms with Crippen LogP contribution in [0.1, 0.15) is 31.6 Å². The van der Waals surface area contributed by atoms with E-state index in [0.29, 0.717) is 25.2 Å². The minimum atomic E-state index is -0.844. The smallest absolute Gasteiger partial charge is 0.318 e. The molecular formula is C12H19N5O3. The third kappa shape index (κ3) is 3.06. The maximum absolute atomic E-state index is 12.1. The number of nitrogens with one attached hydrogen (secondary N) is 1. The first kappa shape index (κ1) is 14.3. The molecule has 20 heavy (non-hydrogen) atoms. The normalized spacial score (nSPS) is 20.5. The molecule has 2 amide bonds. The van der Waals surface area contributed by atoms with E-state index in [1.807, 2.05) is 6.92 Å². The van der Waals surface area contributed by atoms with Crippen molar-refractivity contribution in [2.24, 2.45) is 13.0 Å². The lowest BCUT2D eigenvalue weighted by atomic mass is 9.99. The van der Waals surface area contributed by atoms with Crippen LogP contribution in [0.2, 0.25) is 0 Å². The van der Waals surface area contributed by atoms with E-state index in [1.54, 1.807) is 22.8 Å². The summed E-state index contributed by atoms with van der Waals surface area (Å²) in [5, 5.41) is 19.6. The number of aliphatic carboxylic acids is 1. The zero-order chi connectivity index (χ0) is 14.7. The van der Waals surface area contributed by atoms with Gasteiger partial charge in [-0.25, -0.2) is 4.79 Å². The molecule has 0 radical (unpaired) electrons. The van der Waals surface area contributed by atoms with E-state index >= 15 is 0 Å². The van der Waals surface area contributed by atoms with E-state index in [0.717, 1.165) is 0 Å². The van der Waals surface area contributed by atoms with Gasteiger partial charge in [0.2, 0.25) is 0 Å². The Labute approximate surface area is 116 Å². The predicted molar refractivity (Wildman–Crippen MR) is 69.9 cm³/mol. The number of carboxylic acids is 1. The van der Waals surface area contributed by atoms with Gasteiger partial charge in [0.05, 0.1) is 12.0 Å². The molecule has 110 valence electrons. The third-order valence-corrected chi connectivity index (χ3v) is 3.53. The number of hydrogen-bond acceptors (Lipinski definition) is 4. The molecule has 1 fully saturated rings. The number of aromatic nitrogens is 3. The molecule has 8 nitrogen and oxygen atoms in total. The molecular weight excluding hydrogens is 262 g/mol. The van der Waals surface area contributed by atoms with Gasteiger partial charge in [-0.05, 0) is 19.8 Å². The van der Waals surface area contributed by atoms with Crippen LogP contribution in [0.5, 0.6) is 0 Å². The highest BCUT2D eigenvalue weighted by atomic mass is 16.4. The van der Waals surface area contributed by atoms with Crippen LogP contribution in [0.4, 0.5) is 4.79 Å². The highest BCUT2D eigenvalue weighted by Crippen LogP contribution is 2.17. The van der Waals surface area contributed by atoms with Crippen LogP contribution < -0.4 is 5.32 Å². The van der Waals surface area contributed by atoms with Crippen LogP contribution in [0.25, 0.3) is 0 Å². The first-order valence-electron chi connectivity index (χ1n) is 6.61. The van der Waals surface area contributed by atoms with Crippen LogP contribution >= 0.6 is 0 Å². The number of rotatable bonds is 3. The molecule has 2 rings (SSSR count). The van der Waals surface area contributed by atoms with Crippen molar-refractivity contribution in [2.75, 3.05) is 13.1 Å². The maximum atomic E-state index is 12.1.